The van der Waals surface area contributed by atoms with Gasteiger partial charge in [0.15, 0.2) is 0 Å². The van der Waals surface area contributed by atoms with Crippen LogP contribution in [0.2, 0.25) is 0 Å². The minimum absolute atomic E-state index is 0.0428. The van der Waals surface area contributed by atoms with E-state index in [1.807, 2.05) is 14.0 Å². The van der Waals surface area contributed by atoms with E-state index in [4.69, 9.17) is 0 Å². The third-order valence-electron chi connectivity index (χ3n) is 3.65. The molecule has 0 unspecified atom stereocenters. The van der Waals surface area contributed by atoms with E-state index >= 15 is 0 Å². The van der Waals surface area contributed by atoms with Crippen LogP contribution in [-0.2, 0) is 24.8 Å². The number of nitrogens with one attached hydrogen (secondary N) is 2. The van der Waals surface area contributed by atoms with Crippen molar-refractivity contribution in [2.75, 3.05) is 0 Å². The summed E-state index contributed by atoms with van der Waals surface area (Å²) in [4.78, 5) is 32.1. The van der Waals surface area contributed by atoms with E-state index in [1.54, 1.807) is 17.8 Å². The number of nitrogens with zero attached hydrogens (tertiary/aromatic N) is 5. The van der Waals surface area contributed by atoms with Crippen molar-refractivity contribution in [3.05, 3.63) is 45.4 Å². The van der Waals surface area contributed by atoms with Crippen molar-refractivity contribution >= 4 is 11.7 Å². The lowest BCUT2D eigenvalue weighted by Gasteiger charge is -2.03. The molecule has 0 saturated heterocycles. The number of aromatic nitrogens is 6. The highest BCUT2D eigenvalue weighted by atomic mass is 16.1. The number of aromatic amines is 1. The third-order valence-corrected chi connectivity index (χ3v) is 3.65. The fourth-order valence-corrected chi connectivity index (χ4v) is 2.24. The predicted molar refractivity (Wildman–Crippen MR) is 81.8 cm³/mol. The summed E-state index contributed by atoms with van der Waals surface area (Å²) in [5.74, 6) is 0.457. The van der Waals surface area contributed by atoms with Crippen molar-refractivity contribution in [2.24, 2.45) is 7.05 Å². The van der Waals surface area contributed by atoms with E-state index in [9.17, 15) is 9.59 Å². The van der Waals surface area contributed by atoms with Crippen molar-refractivity contribution in [2.45, 2.75) is 26.8 Å². The molecule has 0 spiro atoms. The molecule has 9 nitrogen and oxygen atoms in total. The van der Waals surface area contributed by atoms with E-state index in [2.05, 4.69) is 25.5 Å². The average Bonchev–Trinajstić information content (AvgIpc) is 3.02. The van der Waals surface area contributed by atoms with Crippen LogP contribution in [0.15, 0.2) is 17.1 Å². The first-order chi connectivity index (χ1) is 10.9. The Hall–Kier alpha value is -2.97. The smallest absolute Gasteiger partial charge is 0.274 e. The summed E-state index contributed by atoms with van der Waals surface area (Å²) in [5, 5.41) is 9.73. The molecule has 2 N–H and O–H groups in total. The number of rotatable bonds is 4. The lowest BCUT2D eigenvalue weighted by atomic mass is 10.2. The molecule has 0 aliphatic carbocycles. The molecule has 0 saturated carbocycles. The Kier molecular flexibility index (Phi) is 3.68. The van der Waals surface area contributed by atoms with Gasteiger partial charge in [0.1, 0.15) is 5.82 Å². The molecule has 0 bridgehead atoms. The molecule has 3 heterocycles. The van der Waals surface area contributed by atoms with E-state index in [0.717, 1.165) is 11.3 Å². The van der Waals surface area contributed by atoms with Gasteiger partial charge in [0.2, 0.25) is 5.91 Å². The van der Waals surface area contributed by atoms with Crippen LogP contribution in [0.1, 0.15) is 22.8 Å². The van der Waals surface area contributed by atoms with Crippen LogP contribution in [0.5, 0.6) is 0 Å². The molecule has 3 aromatic rings. The van der Waals surface area contributed by atoms with Crippen LogP contribution in [0, 0.1) is 13.8 Å². The summed E-state index contributed by atoms with van der Waals surface area (Å²) in [7, 11) is 1.85. The Morgan fingerprint density at radius 2 is 2.13 bits per heavy atom. The van der Waals surface area contributed by atoms with E-state index in [1.165, 1.54) is 10.6 Å². The van der Waals surface area contributed by atoms with Crippen LogP contribution < -0.4 is 10.9 Å². The van der Waals surface area contributed by atoms with Gasteiger partial charge in [-0.3, -0.25) is 19.4 Å². The highest BCUT2D eigenvalue weighted by molar-refractivity contribution is 5.77. The van der Waals surface area contributed by atoms with Gasteiger partial charge >= 0.3 is 0 Å². The molecule has 0 aliphatic heterocycles. The van der Waals surface area contributed by atoms with Crippen LogP contribution in [0.3, 0.4) is 0 Å². The number of aryl methyl sites for hydroxylation is 2. The molecule has 0 aromatic carbocycles. The van der Waals surface area contributed by atoms with Gasteiger partial charge in [-0.1, -0.05) is 0 Å². The molecule has 0 aliphatic rings. The number of hydrogen-bond donors (Lipinski definition) is 2. The number of carbonyl (C=O) groups is 1. The molecule has 9 heteroatoms. The molecule has 0 radical (unpaired) electrons. The maximum atomic E-state index is 12.0. The number of fused-ring (bicyclic) bond motifs is 1. The Labute approximate surface area is 131 Å². The molecule has 120 valence electrons. The van der Waals surface area contributed by atoms with Gasteiger partial charge in [0, 0.05) is 36.6 Å². The summed E-state index contributed by atoms with van der Waals surface area (Å²) in [6.45, 7) is 4.06. The summed E-state index contributed by atoms with van der Waals surface area (Å²) < 4.78 is 2.97. The van der Waals surface area contributed by atoms with Gasteiger partial charge in [-0.25, -0.2) is 4.98 Å². The van der Waals surface area contributed by atoms with Crippen LogP contribution in [0.4, 0.5) is 0 Å². The van der Waals surface area contributed by atoms with Gasteiger partial charge in [-0.15, -0.1) is 0 Å². The molecule has 3 rings (SSSR count). The van der Waals surface area contributed by atoms with E-state index in [-0.39, 0.29) is 23.7 Å². The van der Waals surface area contributed by atoms with Crippen molar-refractivity contribution in [3.63, 3.8) is 0 Å². The van der Waals surface area contributed by atoms with Gasteiger partial charge in [-0.05, 0) is 13.8 Å². The van der Waals surface area contributed by atoms with E-state index < -0.39 is 0 Å². The third kappa shape index (κ3) is 2.98. The lowest BCUT2D eigenvalue weighted by Crippen LogP contribution is -2.25. The number of amides is 1. The second-order valence-corrected chi connectivity index (χ2v) is 5.37. The fourth-order valence-electron chi connectivity index (χ4n) is 2.24. The quantitative estimate of drug-likeness (QED) is 0.682. The topological polar surface area (TPSA) is 110 Å². The normalized spacial score (nSPS) is 11.1. The summed E-state index contributed by atoms with van der Waals surface area (Å²) in [6, 6.07) is 1.40. The molecule has 1 amide bonds. The lowest BCUT2D eigenvalue weighted by molar-refractivity contribution is -0.120. The SMILES string of the molecule is Cc1cc(=O)n2[nH]c(CC(=O)NCc3cnn(C)c3C)nc2n1. The molecular formula is C14H17N7O2. The monoisotopic (exact) mass is 315 g/mol. The Morgan fingerprint density at radius 1 is 1.35 bits per heavy atom. The molecular weight excluding hydrogens is 298 g/mol. The van der Waals surface area contributed by atoms with Gasteiger partial charge < -0.3 is 5.32 Å². The second kappa shape index (κ2) is 5.67. The largest absolute Gasteiger partial charge is 0.352 e. The van der Waals surface area contributed by atoms with Gasteiger partial charge in [-0.2, -0.15) is 14.6 Å². The Bertz CT molecular complexity index is 934. The Morgan fingerprint density at radius 3 is 2.83 bits per heavy atom. The first-order valence-corrected chi connectivity index (χ1v) is 7.13. The zero-order valence-corrected chi connectivity index (χ0v) is 13.1. The molecule has 3 aromatic heterocycles. The second-order valence-electron chi connectivity index (χ2n) is 5.37. The fraction of sp³-hybridized carbons (Fsp3) is 0.357. The van der Waals surface area contributed by atoms with Crippen molar-refractivity contribution in [1.82, 2.24) is 34.7 Å². The highest BCUT2D eigenvalue weighted by Gasteiger charge is 2.11. The maximum absolute atomic E-state index is 12.0. The molecule has 0 atom stereocenters. The van der Waals surface area contributed by atoms with Gasteiger partial charge in [0.05, 0.1) is 12.6 Å². The van der Waals surface area contributed by atoms with E-state index in [0.29, 0.717) is 18.1 Å². The Balaban J connectivity index is 1.69. The average molecular weight is 315 g/mol. The number of hydrogen-bond acceptors (Lipinski definition) is 5. The zero-order chi connectivity index (χ0) is 16.6. The first-order valence-electron chi connectivity index (χ1n) is 7.13. The van der Waals surface area contributed by atoms with Gasteiger partial charge in [0.25, 0.3) is 11.3 Å². The standard InChI is InChI=1S/C14H17N7O2/c1-8-4-13(23)21-14(17-8)18-11(19-21)5-12(22)15-6-10-7-16-20(3)9(10)2/h4,7H,5-6H2,1-3H3,(H,15,22)(H,17,18,19). The van der Waals surface area contributed by atoms with Crippen molar-refractivity contribution < 1.29 is 4.79 Å². The molecule has 0 fully saturated rings. The first kappa shape index (κ1) is 14.9. The number of carbonyl (C=O) groups excluding carboxylic acids is 1. The van der Waals surface area contributed by atoms with Crippen molar-refractivity contribution in [3.8, 4) is 0 Å². The van der Waals surface area contributed by atoms with Crippen LogP contribution >= 0.6 is 0 Å². The minimum atomic E-state index is -0.252. The van der Waals surface area contributed by atoms with Crippen LogP contribution in [0.25, 0.3) is 5.78 Å². The summed E-state index contributed by atoms with van der Waals surface area (Å²) >= 11 is 0. The van der Waals surface area contributed by atoms with Crippen LogP contribution in [-0.4, -0.2) is 35.3 Å². The maximum Gasteiger partial charge on any atom is 0.274 e. The highest BCUT2D eigenvalue weighted by Crippen LogP contribution is 2.05. The predicted octanol–water partition coefficient (Wildman–Crippen LogP) is -0.373. The van der Waals surface area contributed by atoms with Crippen molar-refractivity contribution in [1.29, 1.82) is 0 Å². The summed E-state index contributed by atoms with van der Waals surface area (Å²) in [6.07, 6.45) is 1.77. The zero-order valence-electron chi connectivity index (χ0n) is 13.1. The number of H-pyrrole nitrogens is 1. The molecule has 23 heavy (non-hydrogen) atoms. The minimum Gasteiger partial charge on any atom is -0.352 e. The summed E-state index contributed by atoms with van der Waals surface area (Å²) in [5.41, 5.74) is 2.29.